The second kappa shape index (κ2) is 7.84. The van der Waals surface area contributed by atoms with Gasteiger partial charge in [-0.3, -0.25) is 9.59 Å². The van der Waals surface area contributed by atoms with E-state index in [9.17, 15) is 19.6 Å². The molecule has 4 amide bonds. The third-order valence-electron chi connectivity index (χ3n) is 6.41. The van der Waals surface area contributed by atoms with Gasteiger partial charge in [-0.15, -0.1) is 11.8 Å². The Morgan fingerprint density at radius 2 is 1.97 bits per heavy atom. The quantitative estimate of drug-likeness (QED) is 0.509. The highest BCUT2D eigenvalue weighted by Crippen LogP contribution is 2.43. The van der Waals surface area contributed by atoms with E-state index in [2.05, 4.69) is 0 Å². The summed E-state index contributed by atoms with van der Waals surface area (Å²) in [6.07, 6.45) is 0.616. The maximum Gasteiger partial charge on any atom is 0.332 e. The largest absolute Gasteiger partial charge is 0.334 e. The van der Waals surface area contributed by atoms with Crippen molar-refractivity contribution in [2.75, 3.05) is 17.2 Å². The molecule has 3 saturated heterocycles. The summed E-state index contributed by atoms with van der Waals surface area (Å²) in [5.41, 5.74) is 1.18. The molecule has 0 radical (unpaired) electrons. The first-order valence-corrected chi connectivity index (χ1v) is 11.6. The summed E-state index contributed by atoms with van der Waals surface area (Å²) < 4.78 is 0. The van der Waals surface area contributed by atoms with Gasteiger partial charge in [-0.25, -0.2) is 9.69 Å². The van der Waals surface area contributed by atoms with E-state index in [-0.39, 0.29) is 40.7 Å². The number of hydrogen-bond donors (Lipinski definition) is 0. The molecule has 3 aliphatic heterocycles. The first kappa shape index (κ1) is 20.9. The molecule has 3 heterocycles. The predicted molar refractivity (Wildman–Crippen MR) is 120 cm³/mol. The molecule has 2 aromatic carbocycles. The first-order valence-electron chi connectivity index (χ1n) is 10.2. The number of thioether (sulfide) groups is 1. The van der Waals surface area contributed by atoms with Crippen LogP contribution in [0.15, 0.2) is 47.4 Å². The molecule has 0 saturated carbocycles. The van der Waals surface area contributed by atoms with Crippen molar-refractivity contribution in [3.05, 3.63) is 58.6 Å². The Bertz CT molecular complexity index is 1180. The molecule has 0 aromatic heterocycles. The van der Waals surface area contributed by atoms with Crippen molar-refractivity contribution in [1.82, 2.24) is 9.80 Å². The average molecular weight is 467 g/mol. The molecule has 2 bridgehead atoms. The molecule has 32 heavy (non-hydrogen) atoms. The van der Waals surface area contributed by atoms with Gasteiger partial charge in [0.1, 0.15) is 12.1 Å². The lowest BCUT2D eigenvalue weighted by atomic mass is 10.1. The second-order valence-corrected chi connectivity index (χ2v) is 9.52. The standard InChI is InChI=1S/C23H19ClN4O3S/c1-13-17(8-7-14(10-25)20(13)24)28-22(30)21-18-9-15(27(21)23(28)31)11-26(18)19(29)12-32-16-5-3-2-4-6-16/h2-8,15,18,21H,9,11-12H2,1H3/t15-,18?,21?/m1/s1. The molecule has 2 aromatic rings. The lowest BCUT2D eigenvalue weighted by Gasteiger charge is -2.34. The number of carbonyl (C=O) groups is 3. The van der Waals surface area contributed by atoms with Crippen molar-refractivity contribution in [2.24, 2.45) is 0 Å². The molecule has 2 unspecified atom stereocenters. The van der Waals surface area contributed by atoms with Crippen molar-refractivity contribution in [3.8, 4) is 6.07 Å². The number of likely N-dealkylation sites (tertiary alicyclic amines) is 1. The van der Waals surface area contributed by atoms with Crippen molar-refractivity contribution < 1.29 is 14.4 Å². The van der Waals surface area contributed by atoms with Crippen LogP contribution in [0.4, 0.5) is 10.5 Å². The van der Waals surface area contributed by atoms with Crippen LogP contribution < -0.4 is 4.90 Å². The summed E-state index contributed by atoms with van der Waals surface area (Å²) in [6, 6.07) is 13.2. The SMILES string of the molecule is Cc1c(N2C(=O)C3C4C[C@H](CN4C(=O)CSc4ccccc4)N3C2=O)ccc(C#N)c1Cl. The number of nitriles is 1. The number of amides is 4. The van der Waals surface area contributed by atoms with Gasteiger partial charge in [0, 0.05) is 11.4 Å². The summed E-state index contributed by atoms with van der Waals surface area (Å²) in [6.45, 7) is 2.13. The molecular formula is C23H19ClN4O3S. The smallest absolute Gasteiger partial charge is 0.332 e. The zero-order valence-electron chi connectivity index (χ0n) is 17.2. The van der Waals surface area contributed by atoms with E-state index >= 15 is 0 Å². The summed E-state index contributed by atoms with van der Waals surface area (Å²) >= 11 is 7.74. The van der Waals surface area contributed by atoms with Gasteiger partial charge >= 0.3 is 6.03 Å². The fourth-order valence-electron chi connectivity index (χ4n) is 4.91. The third kappa shape index (κ3) is 3.07. The molecule has 9 heteroatoms. The average Bonchev–Trinajstić information content (AvgIpc) is 3.47. The van der Waals surface area contributed by atoms with Crippen LogP contribution in [0.25, 0.3) is 0 Å². The van der Waals surface area contributed by atoms with Gasteiger partial charge in [-0.05, 0) is 43.2 Å². The highest BCUT2D eigenvalue weighted by atomic mass is 35.5. The number of rotatable bonds is 4. The molecule has 0 spiro atoms. The summed E-state index contributed by atoms with van der Waals surface area (Å²) in [5.74, 6) is -0.0854. The number of fused-ring (bicyclic) bond motifs is 5. The third-order valence-corrected chi connectivity index (χ3v) is 7.89. The van der Waals surface area contributed by atoms with Crippen LogP contribution in [0.5, 0.6) is 0 Å². The lowest BCUT2D eigenvalue weighted by Crippen LogP contribution is -2.55. The van der Waals surface area contributed by atoms with E-state index in [1.165, 1.54) is 17.8 Å². The van der Waals surface area contributed by atoms with Crippen LogP contribution in [-0.4, -0.2) is 58.1 Å². The van der Waals surface area contributed by atoms with Crippen LogP contribution in [-0.2, 0) is 9.59 Å². The Labute approximate surface area is 194 Å². The van der Waals surface area contributed by atoms with E-state index in [1.807, 2.05) is 36.4 Å². The number of urea groups is 1. The van der Waals surface area contributed by atoms with Crippen molar-refractivity contribution in [2.45, 2.75) is 36.4 Å². The monoisotopic (exact) mass is 466 g/mol. The van der Waals surface area contributed by atoms with Crippen molar-refractivity contribution >= 4 is 46.9 Å². The normalized spacial score (nSPS) is 23.7. The van der Waals surface area contributed by atoms with Gasteiger partial charge in [-0.1, -0.05) is 29.8 Å². The number of nitrogens with zero attached hydrogens (tertiary/aromatic N) is 4. The maximum atomic E-state index is 13.4. The van der Waals surface area contributed by atoms with Crippen LogP contribution >= 0.6 is 23.4 Å². The summed E-state index contributed by atoms with van der Waals surface area (Å²) in [4.78, 5) is 45.0. The van der Waals surface area contributed by atoms with E-state index < -0.39 is 6.04 Å². The molecule has 3 atom stereocenters. The molecular weight excluding hydrogens is 448 g/mol. The highest BCUT2D eigenvalue weighted by Gasteiger charge is 2.62. The van der Waals surface area contributed by atoms with E-state index in [0.29, 0.717) is 29.8 Å². The minimum absolute atomic E-state index is 0.0256. The molecule has 3 fully saturated rings. The van der Waals surface area contributed by atoms with Gasteiger partial charge in [0.15, 0.2) is 0 Å². The zero-order valence-corrected chi connectivity index (χ0v) is 18.8. The van der Waals surface area contributed by atoms with Gasteiger partial charge < -0.3 is 9.80 Å². The molecule has 0 aliphatic carbocycles. The summed E-state index contributed by atoms with van der Waals surface area (Å²) in [5, 5.41) is 9.41. The van der Waals surface area contributed by atoms with Gasteiger partial charge in [-0.2, -0.15) is 5.26 Å². The van der Waals surface area contributed by atoms with Gasteiger partial charge in [0.05, 0.1) is 34.1 Å². The first-order chi connectivity index (χ1) is 15.4. The molecule has 0 N–H and O–H groups in total. The topological polar surface area (TPSA) is 84.7 Å². The minimum Gasteiger partial charge on any atom is -0.334 e. The molecule has 7 nitrogen and oxygen atoms in total. The van der Waals surface area contributed by atoms with E-state index in [1.54, 1.807) is 22.8 Å². The maximum absolute atomic E-state index is 13.4. The molecule has 3 aliphatic rings. The Kier molecular flexibility index (Phi) is 5.11. The second-order valence-electron chi connectivity index (χ2n) is 8.10. The number of piperazine rings is 1. The van der Waals surface area contributed by atoms with E-state index in [4.69, 9.17) is 11.6 Å². The Hall–Kier alpha value is -3.02. The number of benzene rings is 2. The van der Waals surface area contributed by atoms with Gasteiger partial charge in [0.2, 0.25) is 5.91 Å². The highest BCUT2D eigenvalue weighted by molar-refractivity contribution is 8.00. The number of anilines is 1. The lowest BCUT2D eigenvalue weighted by molar-refractivity contribution is -0.133. The summed E-state index contributed by atoms with van der Waals surface area (Å²) in [7, 11) is 0. The minimum atomic E-state index is -0.680. The number of hydrogen-bond acceptors (Lipinski definition) is 5. The van der Waals surface area contributed by atoms with Crippen LogP contribution in [0, 0.1) is 18.3 Å². The number of imide groups is 1. The van der Waals surface area contributed by atoms with Gasteiger partial charge in [0.25, 0.3) is 5.91 Å². The van der Waals surface area contributed by atoms with Crippen LogP contribution in [0.3, 0.4) is 0 Å². The Morgan fingerprint density at radius 1 is 1.22 bits per heavy atom. The van der Waals surface area contributed by atoms with E-state index in [0.717, 1.165) is 9.80 Å². The molecule has 162 valence electrons. The fourth-order valence-corrected chi connectivity index (χ4v) is 5.92. The Balaban J connectivity index is 1.37. The van der Waals surface area contributed by atoms with Crippen LogP contribution in [0.2, 0.25) is 5.02 Å². The molecule has 5 rings (SSSR count). The number of halogens is 1. The predicted octanol–water partition coefficient (Wildman–Crippen LogP) is 3.43. The fraction of sp³-hybridized carbons (Fsp3) is 0.304. The zero-order chi connectivity index (χ0) is 22.6. The Morgan fingerprint density at radius 3 is 2.69 bits per heavy atom. The van der Waals surface area contributed by atoms with Crippen molar-refractivity contribution in [3.63, 3.8) is 0 Å². The van der Waals surface area contributed by atoms with Crippen molar-refractivity contribution in [1.29, 1.82) is 5.26 Å². The van der Waals surface area contributed by atoms with Crippen LogP contribution in [0.1, 0.15) is 17.5 Å². The number of carbonyl (C=O) groups excluding carboxylic acids is 3.